The minimum Gasteiger partial charge on any atom is -0.497 e. The molecule has 112 valence electrons. The average Bonchev–Trinajstić information content (AvgIpc) is 2.93. The Morgan fingerprint density at radius 3 is 2.67 bits per heavy atom. The Hall–Kier alpha value is -2.27. The Bertz CT molecular complexity index is 575. The predicted molar refractivity (Wildman–Crippen MR) is 83.4 cm³/mol. The largest absolute Gasteiger partial charge is 0.497 e. The molecule has 5 nitrogen and oxygen atoms in total. The molecule has 1 aromatic carbocycles. The maximum atomic E-state index is 12.1. The summed E-state index contributed by atoms with van der Waals surface area (Å²) in [5.74, 6) is 0.723. The highest BCUT2D eigenvalue weighted by molar-refractivity contribution is 5.90. The molecule has 0 radical (unpaired) electrons. The van der Waals surface area contributed by atoms with Gasteiger partial charge >= 0.3 is 0 Å². The highest BCUT2D eigenvalue weighted by Crippen LogP contribution is 2.15. The Labute approximate surface area is 124 Å². The number of carbonyl (C=O) groups excluding carboxylic acids is 1. The fourth-order valence-corrected chi connectivity index (χ4v) is 2.05. The van der Waals surface area contributed by atoms with Gasteiger partial charge in [-0.1, -0.05) is 6.92 Å². The lowest BCUT2D eigenvalue weighted by Crippen LogP contribution is -2.21. The predicted octanol–water partition coefficient (Wildman–Crippen LogP) is 2.24. The van der Waals surface area contributed by atoms with Crippen molar-refractivity contribution in [3.05, 3.63) is 48.3 Å². The molecule has 2 N–H and O–H groups in total. The van der Waals surface area contributed by atoms with Crippen molar-refractivity contribution in [2.75, 3.05) is 19.0 Å². The molecule has 0 unspecified atom stereocenters. The van der Waals surface area contributed by atoms with Crippen LogP contribution in [-0.4, -0.2) is 24.1 Å². The van der Waals surface area contributed by atoms with Crippen LogP contribution in [0.5, 0.6) is 5.75 Å². The zero-order valence-electron chi connectivity index (χ0n) is 12.4. The first-order valence-electron chi connectivity index (χ1n) is 7.01. The Balaban J connectivity index is 1.93. The third kappa shape index (κ3) is 4.36. The van der Waals surface area contributed by atoms with Crippen LogP contribution < -0.4 is 15.4 Å². The van der Waals surface area contributed by atoms with Crippen LogP contribution in [0.15, 0.2) is 42.6 Å². The first-order chi connectivity index (χ1) is 10.2. The summed E-state index contributed by atoms with van der Waals surface area (Å²) >= 11 is 0. The van der Waals surface area contributed by atoms with Gasteiger partial charge < -0.3 is 19.9 Å². The van der Waals surface area contributed by atoms with E-state index >= 15 is 0 Å². The summed E-state index contributed by atoms with van der Waals surface area (Å²) in [6, 6.07) is 11.3. The molecule has 1 amide bonds. The number of aromatic nitrogens is 1. The highest BCUT2D eigenvalue weighted by atomic mass is 16.5. The monoisotopic (exact) mass is 287 g/mol. The normalized spacial score (nSPS) is 10.4. The molecular weight excluding hydrogens is 266 g/mol. The molecule has 1 heterocycles. The van der Waals surface area contributed by atoms with Crippen molar-refractivity contribution < 1.29 is 9.53 Å². The van der Waals surface area contributed by atoms with Gasteiger partial charge in [-0.25, -0.2) is 0 Å². The number of carbonyl (C=O) groups is 1. The van der Waals surface area contributed by atoms with Crippen LogP contribution in [0.1, 0.15) is 12.6 Å². The van der Waals surface area contributed by atoms with Gasteiger partial charge in [0.2, 0.25) is 5.91 Å². The number of hydrogen-bond donors (Lipinski definition) is 2. The summed E-state index contributed by atoms with van der Waals surface area (Å²) < 4.78 is 7.03. The number of hydrogen-bond acceptors (Lipinski definition) is 3. The van der Waals surface area contributed by atoms with Gasteiger partial charge in [-0.15, -0.1) is 0 Å². The molecule has 0 fully saturated rings. The lowest BCUT2D eigenvalue weighted by molar-refractivity contribution is -0.116. The van der Waals surface area contributed by atoms with E-state index in [1.165, 1.54) is 0 Å². The maximum Gasteiger partial charge on any atom is 0.244 e. The van der Waals surface area contributed by atoms with Crippen molar-refractivity contribution in [3.8, 4) is 5.75 Å². The van der Waals surface area contributed by atoms with Gasteiger partial charge in [0.15, 0.2) is 0 Å². The van der Waals surface area contributed by atoms with Crippen molar-refractivity contribution in [1.82, 2.24) is 9.88 Å². The first-order valence-corrected chi connectivity index (χ1v) is 7.01. The lowest BCUT2D eigenvalue weighted by atomic mass is 10.3. The van der Waals surface area contributed by atoms with E-state index in [2.05, 4.69) is 17.6 Å². The molecule has 0 saturated heterocycles. The second-order valence-corrected chi connectivity index (χ2v) is 4.68. The smallest absolute Gasteiger partial charge is 0.244 e. The van der Waals surface area contributed by atoms with Crippen molar-refractivity contribution in [3.63, 3.8) is 0 Å². The highest BCUT2D eigenvalue weighted by Gasteiger charge is 2.06. The maximum absolute atomic E-state index is 12.1. The zero-order chi connectivity index (χ0) is 15.1. The van der Waals surface area contributed by atoms with Crippen molar-refractivity contribution >= 4 is 11.6 Å². The standard InChI is InChI=1S/C16H21N3O2/c1-3-17-11-14-5-4-10-19(14)12-16(20)18-13-6-8-15(21-2)9-7-13/h4-10,17H,3,11-12H2,1-2H3,(H,18,20). The molecule has 0 aliphatic carbocycles. The van der Waals surface area contributed by atoms with Crippen molar-refractivity contribution in [2.24, 2.45) is 0 Å². The number of anilines is 1. The van der Waals surface area contributed by atoms with E-state index < -0.39 is 0 Å². The molecular formula is C16H21N3O2. The van der Waals surface area contributed by atoms with Gasteiger partial charge in [0.05, 0.1) is 7.11 Å². The van der Waals surface area contributed by atoms with E-state index in [1.54, 1.807) is 7.11 Å². The van der Waals surface area contributed by atoms with E-state index in [0.29, 0.717) is 6.54 Å². The number of nitrogens with one attached hydrogen (secondary N) is 2. The van der Waals surface area contributed by atoms with Crippen LogP contribution in [0, 0.1) is 0 Å². The molecule has 2 rings (SSSR count). The van der Waals surface area contributed by atoms with E-state index in [4.69, 9.17) is 4.74 Å². The second kappa shape index (κ2) is 7.50. The topological polar surface area (TPSA) is 55.3 Å². The van der Waals surface area contributed by atoms with Crippen molar-refractivity contribution in [1.29, 1.82) is 0 Å². The fraction of sp³-hybridized carbons (Fsp3) is 0.312. The molecule has 21 heavy (non-hydrogen) atoms. The zero-order valence-corrected chi connectivity index (χ0v) is 12.4. The van der Waals surface area contributed by atoms with Crippen LogP contribution in [0.3, 0.4) is 0 Å². The van der Waals surface area contributed by atoms with E-state index in [-0.39, 0.29) is 5.91 Å². The number of amides is 1. The summed E-state index contributed by atoms with van der Waals surface area (Å²) in [5.41, 5.74) is 1.86. The van der Waals surface area contributed by atoms with Crippen LogP contribution in [0.25, 0.3) is 0 Å². The lowest BCUT2D eigenvalue weighted by Gasteiger charge is -2.10. The van der Waals surface area contributed by atoms with Crippen LogP contribution in [0.2, 0.25) is 0 Å². The summed E-state index contributed by atoms with van der Waals surface area (Å²) in [5, 5.41) is 6.14. The summed E-state index contributed by atoms with van der Waals surface area (Å²) in [4.78, 5) is 12.1. The van der Waals surface area contributed by atoms with Crippen LogP contribution >= 0.6 is 0 Å². The molecule has 0 atom stereocenters. The minimum absolute atomic E-state index is 0.0471. The fourth-order valence-electron chi connectivity index (χ4n) is 2.05. The number of rotatable bonds is 7. The number of nitrogens with zero attached hydrogens (tertiary/aromatic N) is 1. The Morgan fingerprint density at radius 2 is 2.00 bits per heavy atom. The molecule has 0 aliphatic rings. The number of benzene rings is 1. The van der Waals surface area contributed by atoms with Crippen LogP contribution in [-0.2, 0) is 17.9 Å². The Morgan fingerprint density at radius 1 is 1.24 bits per heavy atom. The van der Waals surface area contributed by atoms with E-state index in [9.17, 15) is 4.79 Å². The summed E-state index contributed by atoms with van der Waals surface area (Å²) in [6.45, 7) is 4.03. The third-order valence-electron chi connectivity index (χ3n) is 3.17. The molecule has 2 aromatic rings. The van der Waals surface area contributed by atoms with E-state index in [0.717, 1.165) is 30.2 Å². The molecule has 0 saturated carbocycles. The van der Waals surface area contributed by atoms with Gasteiger partial charge in [0, 0.05) is 24.1 Å². The third-order valence-corrected chi connectivity index (χ3v) is 3.17. The quantitative estimate of drug-likeness (QED) is 0.821. The van der Waals surface area contributed by atoms with E-state index in [1.807, 2.05) is 47.2 Å². The van der Waals surface area contributed by atoms with Gasteiger partial charge in [0.25, 0.3) is 0 Å². The van der Waals surface area contributed by atoms with Crippen molar-refractivity contribution in [2.45, 2.75) is 20.0 Å². The van der Waals surface area contributed by atoms with Gasteiger partial charge in [-0.2, -0.15) is 0 Å². The summed E-state index contributed by atoms with van der Waals surface area (Å²) in [7, 11) is 1.62. The number of ether oxygens (including phenoxy) is 1. The molecule has 0 aliphatic heterocycles. The SMILES string of the molecule is CCNCc1cccn1CC(=O)Nc1ccc(OC)cc1. The summed E-state index contributed by atoms with van der Waals surface area (Å²) in [6.07, 6.45) is 1.92. The van der Waals surface area contributed by atoms with Gasteiger partial charge in [-0.05, 0) is 42.9 Å². The first kappa shape index (κ1) is 15.1. The minimum atomic E-state index is -0.0471. The molecule has 1 aromatic heterocycles. The molecule has 0 bridgehead atoms. The van der Waals surface area contributed by atoms with Gasteiger partial charge in [0.1, 0.15) is 12.3 Å². The average molecular weight is 287 g/mol. The van der Waals surface area contributed by atoms with Crippen LogP contribution in [0.4, 0.5) is 5.69 Å². The molecule has 5 heteroatoms. The second-order valence-electron chi connectivity index (χ2n) is 4.68. The Kier molecular flexibility index (Phi) is 5.40. The number of methoxy groups -OCH3 is 1. The van der Waals surface area contributed by atoms with Gasteiger partial charge in [-0.3, -0.25) is 4.79 Å². The molecule has 0 spiro atoms.